The third-order valence-electron chi connectivity index (χ3n) is 3.85. The SMILES string of the molecule is COc1ccc(C2=C3CCCCC3NC(=S)N2)cc1. The molecular weight excluding hydrogens is 256 g/mol. The van der Waals surface area contributed by atoms with Gasteiger partial charge in [0.2, 0.25) is 0 Å². The van der Waals surface area contributed by atoms with Crippen LogP contribution < -0.4 is 15.4 Å². The second-order valence-corrected chi connectivity index (χ2v) is 5.43. The Balaban J connectivity index is 1.99. The summed E-state index contributed by atoms with van der Waals surface area (Å²) in [6.45, 7) is 0. The topological polar surface area (TPSA) is 33.3 Å². The van der Waals surface area contributed by atoms with Gasteiger partial charge in [-0.05, 0) is 66.9 Å². The summed E-state index contributed by atoms with van der Waals surface area (Å²) in [4.78, 5) is 0. The molecule has 100 valence electrons. The van der Waals surface area contributed by atoms with E-state index in [1.807, 2.05) is 12.1 Å². The highest BCUT2D eigenvalue weighted by Gasteiger charge is 2.27. The number of nitrogens with one attached hydrogen (secondary N) is 2. The van der Waals surface area contributed by atoms with Crippen LogP contribution in [0.4, 0.5) is 0 Å². The zero-order valence-corrected chi connectivity index (χ0v) is 11.8. The smallest absolute Gasteiger partial charge is 0.171 e. The molecule has 1 saturated carbocycles. The average molecular weight is 274 g/mol. The lowest BCUT2D eigenvalue weighted by Gasteiger charge is -2.35. The van der Waals surface area contributed by atoms with Gasteiger partial charge >= 0.3 is 0 Å². The summed E-state index contributed by atoms with van der Waals surface area (Å²) in [5, 5.41) is 7.44. The molecule has 0 radical (unpaired) electrons. The first-order valence-electron chi connectivity index (χ1n) is 6.73. The first-order chi connectivity index (χ1) is 9.28. The van der Waals surface area contributed by atoms with Crippen molar-refractivity contribution in [3.05, 3.63) is 35.4 Å². The second kappa shape index (κ2) is 5.21. The molecular formula is C15H18N2OS. The summed E-state index contributed by atoms with van der Waals surface area (Å²) in [5.74, 6) is 0.881. The summed E-state index contributed by atoms with van der Waals surface area (Å²) in [7, 11) is 1.69. The second-order valence-electron chi connectivity index (χ2n) is 5.03. The Morgan fingerprint density at radius 2 is 2.00 bits per heavy atom. The normalized spacial score (nSPS) is 22.4. The van der Waals surface area contributed by atoms with Crippen LogP contribution >= 0.6 is 12.2 Å². The van der Waals surface area contributed by atoms with E-state index in [1.165, 1.54) is 36.1 Å². The van der Waals surface area contributed by atoms with Crippen LogP contribution in [0.1, 0.15) is 31.2 Å². The van der Waals surface area contributed by atoms with Crippen molar-refractivity contribution in [1.29, 1.82) is 0 Å². The Morgan fingerprint density at radius 1 is 1.21 bits per heavy atom. The minimum absolute atomic E-state index is 0.416. The van der Waals surface area contributed by atoms with Crippen LogP contribution in [-0.2, 0) is 0 Å². The van der Waals surface area contributed by atoms with Crippen molar-refractivity contribution in [3.8, 4) is 5.75 Å². The third kappa shape index (κ3) is 2.45. The molecule has 0 aromatic heterocycles. The zero-order valence-electron chi connectivity index (χ0n) is 11.0. The van der Waals surface area contributed by atoms with E-state index in [1.54, 1.807) is 7.11 Å². The van der Waals surface area contributed by atoms with E-state index in [0.29, 0.717) is 6.04 Å². The number of rotatable bonds is 2. The molecule has 0 bridgehead atoms. The first-order valence-corrected chi connectivity index (χ1v) is 7.14. The van der Waals surface area contributed by atoms with Crippen molar-refractivity contribution in [1.82, 2.24) is 10.6 Å². The molecule has 1 unspecified atom stereocenters. The highest BCUT2D eigenvalue weighted by atomic mass is 32.1. The largest absolute Gasteiger partial charge is 0.497 e. The monoisotopic (exact) mass is 274 g/mol. The van der Waals surface area contributed by atoms with Gasteiger partial charge in [-0.25, -0.2) is 0 Å². The van der Waals surface area contributed by atoms with Crippen LogP contribution in [0.15, 0.2) is 29.8 Å². The highest BCUT2D eigenvalue weighted by Crippen LogP contribution is 2.32. The van der Waals surface area contributed by atoms with Gasteiger partial charge in [0, 0.05) is 5.70 Å². The molecule has 1 aromatic carbocycles. The van der Waals surface area contributed by atoms with Crippen LogP contribution in [0.2, 0.25) is 0 Å². The quantitative estimate of drug-likeness (QED) is 0.813. The van der Waals surface area contributed by atoms with Crippen molar-refractivity contribution >= 4 is 23.0 Å². The van der Waals surface area contributed by atoms with Gasteiger partial charge < -0.3 is 15.4 Å². The third-order valence-corrected chi connectivity index (χ3v) is 4.07. The van der Waals surface area contributed by atoms with Crippen molar-refractivity contribution < 1.29 is 4.74 Å². The Bertz CT molecular complexity index is 521. The summed E-state index contributed by atoms with van der Waals surface area (Å²) in [5.41, 5.74) is 3.84. The lowest BCUT2D eigenvalue weighted by atomic mass is 9.86. The molecule has 1 aliphatic heterocycles. The predicted octanol–water partition coefficient (Wildman–Crippen LogP) is 2.83. The van der Waals surface area contributed by atoms with Gasteiger partial charge in [-0.1, -0.05) is 6.42 Å². The zero-order chi connectivity index (χ0) is 13.2. The molecule has 1 heterocycles. The Hall–Kier alpha value is -1.55. The van der Waals surface area contributed by atoms with Gasteiger partial charge in [0.1, 0.15) is 5.75 Å². The van der Waals surface area contributed by atoms with E-state index >= 15 is 0 Å². The van der Waals surface area contributed by atoms with E-state index in [4.69, 9.17) is 17.0 Å². The maximum Gasteiger partial charge on any atom is 0.171 e. The van der Waals surface area contributed by atoms with Crippen LogP contribution in [0.25, 0.3) is 5.70 Å². The molecule has 0 spiro atoms. The van der Waals surface area contributed by atoms with Crippen LogP contribution in [-0.4, -0.2) is 18.3 Å². The number of fused-ring (bicyclic) bond motifs is 1. The molecule has 4 heteroatoms. The molecule has 0 saturated heterocycles. The number of thiocarbonyl (C=S) groups is 1. The number of benzene rings is 1. The molecule has 1 aliphatic carbocycles. The van der Waals surface area contributed by atoms with Crippen LogP contribution in [0.5, 0.6) is 5.75 Å². The van der Waals surface area contributed by atoms with E-state index in [9.17, 15) is 0 Å². The van der Waals surface area contributed by atoms with E-state index in [0.717, 1.165) is 17.3 Å². The van der Waals surface area contributed by atoms with Crippen LogP contribution in [0.3, 0.4) is 0 Å². The molecule has 0 amide bonds. The van der Waals surface area contributed by atoms with Gasteiger partial charge in [-0.2, -0.15) is 0 Å². The van der Waals surface area contributed by atoms with Crippen molar-refractivity contribution in [3.63, 3.8) is 0 Å². The average Bonchev–Trinajstić information content (AvgIpc) is 2.46. The maximum absolute atomic E-state index is 5.32. The molecule has 2 aliphatic rings. The van der Waals surface area contributed by atoms with Gasteiger partial charge in [0.05, 0.1) is 13.2 Å². The van der Waals surface area contributed by atoms with E-state index in [2.05, 4.69) is 22.8 Å². The Morgan fingerprint density at radius 3 is 2.74 bits per heavy atom. The summed E-state index contributed by atoms with van der Waals surface area (Å²) in [6, 6.07) is 8.59. The molecule has 1 atom stereocenters. The van der Waals surface area contributed by atoms with Crippen molar-refractivity contribution in [2.45, 2.75) is 31.7 Å². The fraction of sp³-hybridized carbons (Fsp3) is 0.400. The molecule has 2 N–H and O–H groups in total. The molecule has 1 fully saturated rings. The number of hydrogen-bond acceptors (Lipinski definition) is 2. The standard InChI is InChI=1S/C15H18N2OS/c1-18-11-8-6-10(7-9-11)14-12-4-2-3-5-13(12)16-15(19)17-14/h6-9,13H,2-5H2,1H3,(H2,16,17,19). The number of hydrogen-bond donors (Lipinski definition) is 2. The maximum atomic E-state index is 5.32. The predicted molar refractivity (Wildman–Crippen MR) is 81.0 cm³/mol. The Labute approximate surface area is 119 Å². The number of ether oxygens (including phenoxy) is 1. The van der Waals surface area contributed by atoms with Gasteiger partial charge in [-0.3, -0.25) is 0 Å². The lowest BCUT2D eigenvalue weighted by molar-refractivity contribution is 0.415. The number of methoxy groups -OCH3 is 1. The Kier molecular flexibility index (Phi) is 3.42. The van der Waals surface area contributed by atoms with E-state index < -0.39 is 0 Å². The molecule has 3 nitrogen and oxygen atoms in total. The van der Waals surface area contributed by atoms with Crippen LogP contribution in [0, 0.1) is 0 Å². The van der Waals surface area contributed by atoms with Crippen molar-refractivity contribution in [2.24, 2.45) is 0 Å². The lowest BCUT2D eigenvalue weighted by Crippen LogP contribution is -2.48. The summed E-state index contributed by atoms with van der Waals surface area (Å²) >= 11 is 5.32. The minimum atomic E-state index is 0.416. The molecule has 19 heavy (non-hydrogen) atoms. The van der Waals surface area contributed by atoms with Gasteiger partial charge in [0.15, 0.2) is 5.11 Å². The van der Waals surface area contributed by atoms with Gasteiger partial charge in [0.25, 0.3) is 0 Å². The molecule has 3 rings (SSSR count). The summed E-state index contributed by atoms with van der Waals surface area (Å²) < 4.78 is 5.21. The highest BCUT2D eigenvalue weighted by molar-refractivity contribution is 7.80. The minimum Gasteiger partial charge on any atom is -0.497 e. The molecule has 1 aromatic rings. The van der Waals surface area contributed by atoms with Crippen molar-refractivity contribution in [2.75, 3.05) is 7.11 Å². The fourth-order valence-electron chi connectivity index (χ4n) is 2.87. The summed E-state index contributed by atoms with van der Waals surface area (Å²) in [6.07, 6.45) is 4.87. The van der Waals surface area contributed by atoms with Gasteiger partial charge in [-0.15, -0.1) is 0 Å². The fourth-order valence-corrected chi connectivity index (χ4v) is 3.12. The van der Waals surface area contributed by atoms with E-state index in [-0.39, 0.29) is 0 Å². The first kappa shape index (κ1) is 12.5.